The molecule has 2 aliphatic rings. The van der Waals surface area contributed by atoms with Gasteiger partial charge in [0.1, 0.15) is 0 Å². The van der Waals surface area contributed by atoms with Gasteiger partial charge in [0, 0.05) is 6.54 Å². The first kappa shape index (κ1) is 5.48. The molecule has 0 aromatic heterocycles. The van der Waals surface area contributed by atoms with Gasteiger partial charge in [-0.25, -0.2) is 0 Å². The lowest BCUT2D eigenvalue weighted by Crippen LogP contribution is -2.09. The van der Waals surface area contributed by atoms with Gasteiger partial charge in [-0.3, -0.25) is 0 Å². The Bertz CT molecular complexity index is 140. The Kier molecular flexibility index (Phi) is 1.12. The first-order chi connectivity index (χ1) is 4.38. The van der Waals surface area contributed by atoms with Crippen molar-refractivity contribution in [3.05, 3.63) is 12.2 Å². The van der Waals surface area contributed by atoms with Crippen molar-refractivity contribution in [3.63, 3.8) is 0 Å². The number of hydrogen-bond donors (Lipinski definition) is 1. The molecule has 1 N–H and O–H groups in total. The van der Waals surface area contributed by atoms with Crippen molar-refractivity contribution >= 4 is 0 Å². The molecule has 0 unspecified atom stereocenters. The van der Waals surface area contributed by atoms with Gasteiger partial charge in [-0.2, -0.15) is 0 Å². The van der Waals surface area contributed by atoms with Gasteiger partial charge >= 0.3 is 0 Å². The molecule has 0 amide bonds. The minimum atomic E-state index is 0.838. The molecular formula is C8H13N. The molecule has 0 spiro atoms. The molecule has 1 saturated carbocycles. The minimum Gasteiger partial charge on any atom is -0.316 e. The minimum absolute atomic E-state index is 0.838. The smallest absolute Gasteiger partial charge is 0.00200 e. The van der Waals surface area contributed by atoms with Gasteiger partial charge in [0.2, 0.25) is 0 Å². The van der Waals surface area contributed by atoms with Gasteiger partial charge in [0.15, 0.2) is 0 Å². The fourth-order valence-corrected chi connectivity index (χ4v) is 2.07. The maximum atomic E-state index is 4.06. The third-order valence-corrected chi connectivity index (χ3v) is 2.70. The zero-order valence-electron chi connectivity index (χ0n) is 5.69. The van der Waals surface area contributed by atoms with E-state index in [9.17, 15) is 0 Å². The lowest BCUT2D eigenvalue weighted by molar-refractivity contribution is 0.528. The molecule has 1 heteroatoms. The number of hydrogen-bond acceptors (Lipinski definition) is 1. The van der Waals surface area contributed by atoms with E-state index in [0.29, 0.717) is 0 Å². The highest BCUT2D eigenvalue weighted by Gasteiger charge is 2.33. The molecule has 2 rings (SSSR count). The molecule has 0 radical (unpaired) electrons. The van der Waals surface area contributed by atoms with Crippen LogP contribution in [0.1, 0.15) is 12.8 Å². The summed E-state index contributed by atoms with van der Waals surface area (Å²) in [6.07, 6.45) is 2.67. The van der Waals surface area contributed by atoms with Crippen molar-refractivity contribution < 1.29 is 0 Å². The van der Waals surface area contributed by atoms with Crippen LogP contribution in [0.4, 0.5) is 0 Å². The van der Waals surface area contributed by atoms with Crippen LogP contribution in [-0.4, -0.2) is 13.1 Å². The van der Waals surface area contributed by atoms with Crippen LogP contribution in [0.25, 0.3) is 0 Å². The van der Waals surface area contributed by atoms with E-state index in [0.717, 1.165) is 11.8 Å². The van der Waals surface area contributed by atoms with E-state index < -0.39 is 0 Å². The predicted octanol–water partition coefficient (Wildman–Crippen LogP) is 1.17. The van der Waals surface area contributed by atoms with Gasteiger partial charge in [-0.1, -0.05) is 12.2 Å². The van der Waals surface area contributed by atoms with Crippen LogP contribution in [0, 0.1) is 11.8 Å². The summed E-state index contributed by atoms with van der Waals surface area (Å²) in [7, 11) is 0. The molecule has 0 aromatic carbocycles. The second kappa shape index (κ2) is 1.84. The highest BCUT2D eigenvalue weighted by molar-refractivity contribution is 5.12. The summed E-state index contributed by atoms with van der Waals surface area (Å²) in [6.45, 7) is 6.49. The van der Waals surface area contributed by atoms with Crippen LogP contribution in [0.5, 0.6) is 0 Å². The van der Waals surface area contributed by atoms with Crippen molar-refractivity contribution in [2.75, 3.05) is 13.1 Å². The Labute approximate surface area is 56.1 Å². The standard InChI is InChI=1S/C8H13N/c1-6-2-3-7-4-9-5-8(6)7/h7-9H,1-5H2/t7-,8-/m1/s1. The third-order valence-electron chi connectivity index (χ3n) is 2.70. The SMILES string of the molecule is C=C1CC[C@@H]2CNC[C@H]12. The maximum absolute atomic E-state index is 4.06. The van der Waals surface area contributed by atoms with E-state index >= 15 is 0 Å². The van der Waals surface area contributed by atoms with E-state index in [4.69, 9.17) is 0 Å². The highest BCUT2D eigenvalue weighted by atomic mass is 14.9. The van der Waals surface area contributed by atoms with E-state index in [-0.39, 0.29) is 0 Å². The number of nitrogens with one attached hydrogen (secondary N) is 1. The molecule has 0 bridgehead atoms. The Hall–Kier alpha value is -0.300. The van der Waals surface area contributed by atoms with Gasteiger partial charge < -0.3 is 5.32 Å². The molecule has 2 atom stereocenters. The van der Waals surface area contributed by atoms with E-state index in [1.165, 1.54) is 31.5 Å². The van der Waals surface area contributed by atoms with Crippen molar-refractivity contribution in [2.24, 2.45) is 11.8 Å². The fraction of sp³-hybridized carbons (Fsp3) is 0.750. The highest BCUT2D eigenvalue weighted by Crippen LogP contribution is 2.37. The van der Waals surface area contributed by atoms with Crippen LogP contribution in [0.15, 0.2) is 12.2 Å². The number of fused-ring (bicyclic) bond motifs is 1. The second-order valence-corrected chi connectivity index (χ2v) is 3.22. The van der Waals surface area contributed by atoms with Gasteiger partial charge in [0.25, 0.3) is 0 Å². The van der Waals surface area contributed by atoms with Crippen molar-refractivity contribution in [1.29, 1.82) is 0 Å². The predicted molar refractivity (Wildman–Crippen MR) is 38.2 cm³/mol. The molecule has 50 valence electrons. The van der Waals surface area contributed by atoms with Gasteiger partial charge in [-0.15, -0.1) is 0 Å². The van der Waals surface area contributed by atoms with Crippen LogP contribution >= 0.6 is 0 Å². The van der Waals surface area contributed by atoms with E-state index in [1.807, 2.05) is 0 Å². The van der Waals surface area contributed by atoms with Gasteiger partial charge in [-0.05, 0) is 31.2 Å². The number of rotatable bonds is 0. The first-order valence-corrected chi connectivity index (χ1v) is 3.76. The van der Waals surface area contributed by atoms with Crippen LogP contribution in [-0.2, 0) is 0 Å². The summed E-state index contributed by atoms with van der Waals surface area (Å²) in [5, 5.41) is 3.39. The van der Waals surface area contributed by atoms with Crippen LogP contribution in [0.3, 0.4) is 0 Å². The Morgan fingerprint density at radius 1 is 1.44 bits per heavy atom. The van der Waals surface area contributed by atoms with E-state index in [1.54, 1.807) is 0 Å². The molecule has 1 aliphatic heterocycles. The summed E-state index contributed by atoms with van der Waals surface area (Å²) >= 11 is 0. The maximum Gasteiger partial charge on any atom is 0.00200 e. The summed E-state index contributed by atoms with van der Waals surface area (Å²) in [4.78, 5) is 0. The molecular weight excluding hydrogens is 110 g/mol. The molecule has 1 heterocycles. The van der Waals surface area contributed by atoms with Crippen molar-refractivity contribution in [3.8, 4) is 0 Å². The molecule has 1 saturated heterocycles. The molecule has 0 aromatic rings. The lowest BCUT2D eigenvalue weighted by Gasteiger charge is -2.05. The van der Waals surface area contributed by atoms with Crippen LogP contribution in [0.2, 0.25) is 0 Å². The monoisotopic (exact) mass is 123 g/mol. The van der Waals surface area contributed by atoms with E-state index in [2.05, 4.69) is 11.9 Å². The second-order valence-electron chi connectivity index (χ2n) is 3.22. The third kappa shape index (κ3) is 0.715. The largest absolute Gasteiger partial charge is 0.316 e. The lowest BCUT2D eigenvalue weighted by atomic mass is 9.98. The zero-order chi connectivity index (χ0) is 6.27. The zero-order valence-corrected chi connectivity index (χ0v) is 5.69. The summed E-state index contributed by atoms with van der Waals surface area (Å²) < 4.78 is 0. The fourth-order valence-electron chi connectivity index (χ4n) is 2.07. The summed E-state index contributed by atoms with van der Waals surface area (Å²) in [5.74, 6) is 1.78. The molecule has 1 aliphatic carbocycles. The normalized spacial score (nSPS) is 41.6. The topological polar surface area (TPSA) is 12.0 Å². The summed E-state index contributed by atoms with van der Waals surface area (Å²) in [5.41, 5.74) is 1.49. The molecule has 1 nitrogen and oxygen atoms in total. The molecule has 9 heavy (non-hydrogen) atoms. The Morgan fingerprint density at radius 3 is 3.11 bits per heavy atom. The van der Waals surface area contributed by atoms with Crippen molar-refractivity contribution in [1.82, 2.24) is 5.32 Å². The Morgan fingerprint density at radius 2 is 2.33 bits per heavy atom. The quantitative estimate of drug-likeness (QED) is 0.477. The summed E-state index contributed by atoms with van der Waals surface area (Å²) in [6, 6.07) is 0. The molecule has 2 fully saturated rings. The average molecular weight is 123 g/mol. The average Bonchev–Trinajstić information content (AvgIpc) is 2.35. The van der Waals surface area contributed by atoms with Gasteiger partial charge in [0.05, 0.1) is 0 Å². The Balaban J connectivity index is 2.15. The first-order valence-electron chi connectivity index (χ1n) is 3.76. The van der Waals surface area contributed by atoms with Crippen LogP contribution < -0.4 is 5.32 Å². The van der Waals surface area contributed by atoms with Crippen molar-refractivity contribution in [2.45, 2.75) is 12.8 Å².